The summed E-state index contributed by atoms with van der Waals surface area (Å²) in [5, 5.41) is 2.62. The molecule has 0 spiro atoms. The number of aromatic nitrogens is 1. The molecule has 5 aromatic carbocycles. The minimum absolute atomic E-state index is 0.0134. The Hall–Kier alpha value is -6.06. The van der Waals surface area contributed by atoms with Crippen molar-refractivity contribution in [3.05, 3.63) is 185 Å². The summed E-state index contributed by atoms with van der Waals surface area (Å²) < 4.78 is 2.48. The largest absolute Gasteiger partial charge is 0.309 e. The Balaban J connectivity index is 1.05. The first-order valence-corrected chi connectivity index (χ1v) is 21.8. The Kier molecular flexibility index (Phi) is 11.1. The Morgan fingerprint density at radius 2 is 1.34 bits per heavy atom. The van der Waals surface area contributed by atoms with Crippen LogP contribution < -0.4 is 0 Å². The van der Waals surface area contributed by atoms with Gasteiger partial charge in [-0.3, -0.25) is 0 Å². The molecule has 59 heavy (non-hydrogen) atoms. The van der Waals surface area contributed by atoms with Crippen molar-refractivity contribution < 1.29 is 0 Å². The zero-order valence-corrected chi connectivity index (χ0v) is 35.0. The van der Waals surface area contributed by atoms with Crippen LogP contribution in [0.15, 0.2) is 162 Å². The van der Waals surface area contributed by atoms with Gasteiger partial charge in [0.1, 0.15) is 5.84 Å². The number of nitrogens with zero attached hydrogens (tertiary/aromatic N) is 3. The van der Waals surface area contributed by atoms with Crippen LogP contribution in [0.25, 0.3) is 49.9 Å². The van der Waals surface area contributed by atoms with E-state index in [9.17, 15) is 0 Å². The number of fused-ring (bicyclic) bond motifs is 3. The van der Waals surface area contributed by atoms with E-state index in [0.717, 1.165) is 41.2 Å². The monoisotopic (exact) mass is 769 g/mol. The molecule has 1 aromatic heterocycles. The average molecular weight is 770 g/mol. The lowest BCUT2D eigenvalue weighted by molar-refractivity contribution is 0.720. The zero-order chi connectivity index (χ0) is 40.3. The first-order valence-electron chi connectivity index (χ1n) is 21.8. The summed E-state index contributed by atoms with van der Waals surface area (Å²) in [7, 11) is 0. The van der Waals surface area contributed by atoms with Gasteiger partial charge >= 0.3 is 0 Å². The fourth-order valence-corrected chi connectivity index (χ4v) is 9.51. The molecule has 3 aliphatic rings. The maximum Gasteiger partial charge on any atom is 0.136 e. The smallest absolute Gasteiger partial charge is 0.136 e. The van der Waals surface area contributed by atoms with Gasteiger partial charge in [-0.05, 0) is 153 Å². The fraction of sp³-hybridized carbons (Fsp3) is 0.250. The minimum Gasteiger partial charge on any atom is -0.309 e. The number of aliphatic imine (C=N–C) groups is 2. The molecule has 0 aliphatic heterocycles. The number of hydrogen-bond acceptors (Lipinski definition) is 1. The molecular weight excluding hydrogens is 715 g/mol. The first-order chi connectivity index (χ1) is 28.9. The molecule has 3 aliphatic carbocycles. The molecular formula is C56H55N3. The normalized spacial score (nSPS) is 17.9. The number of allylic oxidation sites excluding steroid dienone is 7. The average Bonchev–Trinajstić information content (AvgIpc) is 3.39. The van der Waals surface area contributed by atoms with Crippen molar-refractivity contribution >= 4 is 55.8 Å². The topological polar surface area (TPSA) is 29.6 Å². The third kappa shape index (κ3) is 7.91. The number of para-hydroxylation sites is 1. The molecule has 1 atom stereocenters. The molecule has 1 unspecified atom stereocenters. The van der Waals surface area contributed by atoms with E-state index < -0.39 is 0 Å². The van der Waals surface area contributed by atoms with Crippen molar-refractivity contribution in [2.24, 2.45) is 15.9 Å². The van der Waals surface area contributed by atoms with Gasteiger partial charge in [0.15, 0.2) is 0 Å². The highest BCUT2D eigenvalue weighted by Crippen LogP contribution is 2.39. The Morgan fingerprint density at radius 1 is 0.644 bits per heavy atom. The molecule has 0 saturated carbocycles. The fourth-order valence-electron chi connectivity index (χ4n) is 9.51. The molecule has 294 valence electrons. The van der Waals surface area contributed by atoms with Gasteiger partial charge in [-0.25, -0.2) is 9.98 Å². The highest BCUT2D eigenvalue weighted by Gasteiger charge is 2.23. The molecule has 1 heterocycles. The summed E-state index contributed by atoms with van der Waals surface area (Å²) in [6, 6.07) is 42.1. The molecule has 0 fully saturated rings. The maximum absolute atomic E-state index is 5.28. The van der Waals surface area contributed by atoms with E-state index >= 15 is 0 Å². The molecule has 0 saturated heterocycles. The van der Waals surface area contributed by atoms with Crippen LogP contribution in [0.2, 0.25) is 0 Å². The highest BCUT2D eigenvalue weighted by molar-refractivity contribution is 6.11. The van der Waals surface area contributed by atoms with Gasteiger partial charge in [0.2, 0.25) is 0 Å². The lowest BCUT2D eigenvalue weighted by atomic mass is 9.85. The van der Waals surface area contributed by atoms with E-state index in [4.69, 9.17) is 9.98 Å². The second-order valence-electron chi connectivity index (χ2n) is 16.8. The molecule has 3 heteroatoms. The van der Waals surface area contributed by atoms with Gasteiger partial charge in [-0.15, -0.1) is 0 Å². The van der Waals surface area contributed by atoms with Crippen molar-refractivity contribution in [2.75, 3.05) is 0 Å². The summed E-state index contributed by atoms with van der Waals surface area (Å²) in [6.07, 6.45) is 21.5. The molecule has 6 aromatic rings. The highest BCUT2D eigenvalue weighted by atomic mass is 15.0. The van der Waals surface area contributed by atoms with Crippen LogP contribution in [0.4, 0.5) is 0 Å². The van der Waals surface area contributed by atoms with E-state index in [-0.39, 0.29) is 5.92 Å². The predicted octanol–water partition coefficient (Wildman–Crippen LogP) is 15.3. The maximum atomic E-state index is 5.28. The van der Waals surface area contributed by atoms with E-state index in [1.807, 2.05) is 18.2 Å². The zero-order valence-electron chi connectivity index (χ0n) is 35.0. The van der Waals surface area contributed by atoms with E-state index in [1.54, 1.807) is 0 Å². The third-order valence-electron chi connectivity index (χ3n) is 12.8. The summed E-state index contributed by atoms with van der Waals surface area (Å²) in [6.45, 7) is 11.1. The van der Waals surface area contributed by atoms with Crippen molar-refractivity contribution in [3.8, 4) is 5.69 Å². The SMILES string of the molecule is C=C(N=C(N=C(C)c1ccc(C2=CCCCC2)cc1)C1C=CC(c2cccc(-n3c4ccccc4c4cc(C5=CCCCCC5)ccc43)c2C)=C(C)C1)c1ccccc1. The standard InChI is InChI=1S/C56H55N3/c1-38-36-48(56(57-40(3)42-18-11-7-12-19-42)58-41(4)43-28-30-46(31-29-43)44-20-13-8-14-21-44)32-34-49(38)50-25-17-27-53(39(50)2)59-54-26-16-15-24-51(54)52-37-47(33-35-55(52)59)45-22-9-5-6-10-23-45/h7,11-12,15-20,22,24-35,37,48H,3,5-6,8-10,13-14,21,23,36H2,1-2,4H3. The predicted molar refractivity (Wildman–Crippen MR) is 254 cm³/mol. The quantitative estimate of drug-likeness (QED) is 0.109. The lowest BCUT2D eigenvalue weighted by Gasteiger charge is -2.23. The third-order valence-corrected chi connectivity index (χ3v) is 12.8. The molecule has 9 rings (SSSR count). The van der Waals surface area contributed by atoms with Crippen LogP contribution in [0.5, 0.6) is 0 Å². The molecule has 0 bridgehead atoms. The van der Waals surface area contributed by atoms with Gasteiger partial charge in [0.25, 0.3) is 0 Å². The molecule has 0 amide bonds. The number of hydrogen-bond donors (Lipinski definition) is 0. The van der Waals surface area contributed by atoms with Crippen LogP contribution >= 0.6 is 0 Å². The number of amidine groups is 1. The molecule has 3 nitrogen and oxygen atoms in total. The van der Waals surface area contributed by atoms with Gasteiger partial charge in [-0.2, -0.15) is 0 Å². The second kappa shape index (κ2) is 17.0. The van der Waals surface area contributed by atoms with Gasteiger partial charge in [0, 0.05) is 28.1 Å². The van der Waals surface area contributed by atoms with Crippen LogP contribution in [0, 0.1) is 12.8 Å². The van der Waals surface area contributed by atoms with Gasteiger partial charge in [0.05, 0.1) is 16.7 Å². The van der Waals surface area contributed by atoms with Crippen molar-refractivity contribution in [2.45, 2.75) is 85.0 Å². The van der Waals surface area contributed by atoms with Gasteiger partial charge in [-0.1, -0.05) is 134 Å². The summed E-state index contributed by atoms with van der Waals surface area (Å²) in [4.78, 5) is 10.5. The summed E-state index contributed by atoms with van der Waals surface area (Å²) >= 11 is 0. The Morgan fingerprint density at radius 3 is 2.12 bits per heavy atom. The summed E-state index contributed by atoms with van der Waals surface area (Å²) in [5.74, 6) is 0.805. The van der Waals surface area contributed by atoms with E-state index in [0.29, 0.717) is 0 Å². The molecule has 0 radical (unpaired) electrons. The van der Waals surface area contributed by atoms with Crippen LogP contribution in [0.3, 0.4) is 0 Å². The molecule has 0 N–H and O–H groups in total. The lowest BCUT2D eigenvalue weighted by Crippen LogP contribution is -2.16. The van der Waals surface area contributed by atoms with E-state index in [1.165, 1.54) is 123 Å². The van der Waals surface area contributed by atoms with Crippen molar-refractivity contribution in [3.63, 3.8) is 0 Å². The van der Waals surface area contributed by atoms with E-state index in [2.05, 4.69) is 153 Å². The van der Waals surface area contributed by atoms with Gasteiger partial charge < -0.3 is 4.57 Å². The number of rotatable bonds is 8. The van der Waals surface area contributed by atoms with Crippen molar-refractivity contribution in [1.29, 1.82) is 0 Å². The van der Waals surface area contributed by atoms with Crippen LogP contribution in [-0.4, -0.2) is 16.1 Å². The second-order valence-corrected chi connectivity index (χ2v) is 16.8. The Labute approximate surface area is 350 Å². The summed E-state index contributed by atoms with van der Waals surface area (Å²) in [5.41, 5.74) is 18.3. The Bertz CT molecular complexity index is 2740. The van der Waals surface area contributed by atoms with Crippen LogP contribution in [-0.2, 0) is 0 Å². The number of benzene rings is 5. The minimum atomic E-state index is 0.0134. The van der Waals surface area contributed by atoms with Crippen molar-refractivity contribution in [1.82, 2.24) is 4.57 Å². The van der Waals surface area contributed by atoms with Crippen LogP contribution in [0.1, 0.15) is 111 Å². The first kappa shape index (κ1) is 38.5.